The van der Waals surface area contributed by atoms with E-state index in [1.807, 2.05) is 0 Å². The van der Waals surface area contributed by atoms with Crippen molar-refractivity contribution in [3.63, 3.8) is 0 Å². The fourth-order valence-corrected chi connectivity index (χ4v) is 6.15. The summed E-state index contributed by atoms with van der Waals surface area (Å²) in [7, 11) is -3.24. The summed E-state index contributed by atoms with van der Waals surface area (Å²) in [6.45, 7) is -11.2. The molecule has 1 N–H and O–H groups in total. The molecule has 0 saturated carbocycles. The fourth-order valence-electron chi connectivity index (χ4n) is 5.21. The molecule has 53 heavy (non-hydrogen) atoms. The van der Waals surface area contributed by atoms with E-state index >= 15 is 9.18 Å². The molecule has 1 atom stereocenters. The summed E-state index contributed by atoms with van der Waals surface area (Å²) < 4.78 is 282. The first-order chi connectivity index (χ1) is 35.1. The van der Waals surface area contributed by atoms with Gasteiger partial charge in [-0.25, -0.2) is 8.78 Å². The number of amides is 1. The van der Waals surface area contributed by atoms with E-state index in [0.717, 1.165) is 6.92 Å². The number of halogens is 5. The lowest BCUT2D eigenvalue weighted by atomic mass is 9.99. The zero-order valence-corrected chi connectivity index (χ0v) is 28.1. The number of hydrogen-bond donors (Lipinski definition) is 1. The van der Waals surface area contributed by atoms with Crippen LogP contribution in [0.25, 0.3) is 11.1 Å². The first-order valence-corrected chi connectivity index (χ1v) is 16.5. The van der Waals surface area contributed by atoms with Gasteiger partial charge in [0.15, 0.2) is 11.6 Å². The highest BCUT2D eigenvalue weighted by Crippen LogP contribution is 2.41. The molecule has 0 aromatic heterocycles. The molecule has 6 rings (SSSR count). The van der Waals surface area contributed by atoms with E-state index in [4.69, 9.17) is 27.4 Å². The Bertz CT molecular complexity index is 3050. The quantitative estimate of drug-likeness (QED) is 0.146. The predicted octanol–water partition coefficient (Wildman–Crippen LogP) is 8.73. The Labute approximate surface area is 344 Å². The number of alkyl halides is 3. The lowest BCUT2D eigenvalue weighted by Crippen LogP contribution is -2.50. The average Bonchev–Trinajstić information content (AvgIpc) is 3.31. The molecule has 0 aliphatic carbocycles. The molecule has 0 bridgehead atoms. The fraction of sp³-hybridized carbons (Fsp3) is 0.341. The van der Waals surface area contributed by atoms with Crippen LogP contribution in [0.1, 0.15) is 79.7 Å². The molecule has 280 valence electrons. The Hall–Kier alpha value is -4.23. The second kappa shape index (κ2) is 16.8. The number of carbonyl (C=O) groups is 1. The van der Waals surface area contributed by atoms with Gasteiger partial charge >= 0.3 is 6.18 Å². The van der Waals surface area contributed by atoms with E-state index in [1.54, 1.807) is 0 Å². The van der Waals surface area contributed by atoms with Crippen molar-refractivity contribution in [1.29, 1.82) is 0 Å². The zero-order valence-electron chi connectivity index (χ0n) is 51.3. The SMILES string of the molecule is [2H]C1=C(SCc2c([2H])c([2H])c([2H])c(F)c2F)N(C([2H])([2H])C(=O)N(C2CCN(CC([2H])([2H])OC([2H])([2H])[2H])CC2)C([2H])([2H])c2c([2H])c([2H])c(-c3c([2H])c([2H])c(C(F)(F)F)c([2H])c3[2H])c([2H])c2[2H])c2c([2H])c([2H])c(C)c([2H])c2C1O. The molecule has 1 saturated heterocycles. The van der Waals surface area contributed by atoms with Gasteiger partial charge in [-0.3, -0.25) is 4.79 Å². The Morgan fingerprint density at radius 2 is 1.74 bits per heavy atom. The molecular weight excluding hydrogens is 710 g/mol. The van der Waals surface area contributed by atoms with Gasteiger partial charge in [0.1, 0.15) is 12.6 Å². The number of fused-ring (bicyclic) bond motifs is 1. The van der Waals surface area contributed by atoms with Crippen LogP contribution in [0, 0.1) is 18.6 Å². The van der Waals surface area contributed by atoms with Gasteiger partial charge in [0.2, 0.25) is 5.91 Å². The smallest absolute Gasteiger partial charge is 0.384 e. The maximum atomic E-state index is 15.6. The molecule has 0 radical (unpaired) electrons. The monoisotopic (exact) mass is 775 g/mol. The number of piperidine rings is 1. The minimum atomic E-state index is -5.47. The van der Waals surface area contributed by atoms with Gasteiger partial charge in [0, 0.05) is 61.8 Å². The standard InChI is InChI=1S/C41H42F5N3O3S/c1-27-6-15-36-34(22-27)37(50)23-39(53-26-31-4-3-5-35(42)40(31)43)49(36)25-38(51)48(33-16-18-47(19-17-33)20-21-52-2)24-28-7-9-29(10-8-28)30-11-13-32(14-12-30)41(44,45)46/h3-15,22-23,33,37,50H,16-21,24-26H2,1-2H3/i2D3,3D,4D,5D,6D,7D,8D,9D,10D,11D,12D,13D,14D,15D,21D2,22D,23D,24D2,25D2. The normalized spacial score (nSPS) is 24.4. The molecule has 1 unspecified atom stereocenters. The lowest BCUT2D eigenvalue weighted by molar-refractivity contribution is -0.137. The Kier molecular flexibility index (Phi) is 5.85. The van der Waals surface area contributed by atoms with Gasteiger partial charge in [0.25, 0.3) is 0 Å². The third-order valence-electron chi connectivity index (χ3n) is 7.83. The van der Waals surface area contributed by atoms with Gasteiger partial charge in [-0.15, -0.1) is 11.8 Å². The highest BCUT2D eigenvalue weighted by atomic mass is 32.2. The number of methoxy groups -OCH3 is 1. The van der Waals surface area contributed by atoms with Gasteiger partial charge in [-0.05, 0) is 66.7 Å². The third-order valence-corrected chi connectivity index (χ3v) is 8.83. The van der Waals surface area contributed by atoms with Crippen LogP contribution in [-0.2, 0) is 28.0 Å². The summed E-state index contributed by atoms with van der Waals surface area (Å²) in [5.41, 5.74) is -8.87. The van der Waals surface area contributed by atoms with Crippen molar-refractivity contribution in [3.05, 3.63) is 135 Å². The van der Waals surface area contributed by atoms with Crippen molar-refractivity contribution in [2.45, 2.75) is 50.3 Å². The summed E-state index contributed by atoms with van der Waals surface area (Å²) in [5, 5.41) is 10.6. The van der Waals surface area contributed by atoms with Gasteiger partial charge in [-0.2, -0.15) is 13.2 Å². The number of aliphatic hydroxyl groups is 1. The summed E-state index contributed by atoms with van der Waals surface area (Å²) in [4.78, 5) is 17.1. The van der Waals surface area contributed by atoms with E-state index in [2.05, 4.69) is 4.74 Å². The van der Waals surface area contributed by atoms with Crippen molar-refractivity contribution < 1.29 is 69.5 Å². The van der Waals surface area contributed by atoms with Crippen LogP contribution in [0.3, 0.4) is 0 Å². The number of aliphatic hydroxyl groups excluding tert-OH is 1. The van der Waals surface area contributed by atoms with Crippen LogP contribution in [-0.4, -0.2) is 66.6 Å². The summed E-state index contributed by atoms with van der Waals surface area (Å²) in [5.74, 6) is -6.91. The van der Waals surface area contributed by atoms with Crippen LogP contribution >= 0.6 is 11.8 Å². The summed E-state index contributed by atoms with van der Waals surface area (Å²) in [6, 6.07) is -21.1. The summed E-state index contributed by atoms with van der Waals surface area (Å²) in [6.07, 6.45) is -8.85. The number of carbonyl (C=O) groups excluding carboxylic acids is 1. The first kappa shape index (κ1) is 18.4. The molecule has 4 aromatic rings. The number of rotatable bonds is 12. The van der Waals surface area contributed by atoms with E-state index in [-0.39, 0.29) is 27.1 Å². The predicted molar refractivity (Wildman–Crippen MR) is 198 cm³/mol. The molecule has 12 heteroatoms. The average molecular weight is 776 g/mol. The summed E-state index contributed by atoms with van der Waals surface area (Å²) >= 11 is 0.0828. The molecule has 2 aliphatic rings. The number of thioether (sulfide) groups is 1. The molecule has 0 spiro atoms. The van der Waals surface area contributed by atoms with Gasteiger partial charge < -0.3 is 24.5 Å². The molecule has 1 amide bonds. The van der Waals surface area contributed by atoms with Crippen molar-refractivity contribution in [1.82, 2.24) is 9.80 Å². The van der Waals surface area contributed by atoms with Gasteiger partial charge in [0.05, 0.1) is 50.0 Å². The van der Waals surface area contributed by atoms with Crippen LogP contribution in [0.15, 0.2) is 95.7 Å². The number of likely N-dealkylation sites (tertiary alicyclic amines) is 1. The molecule has 2 aliphatic heterocycles. The van der Waals surface area contributed by atoms with Crippen LogP contribution in [0.4, 0.5) is 27.6 Å². The number of ether oxygens (including phenoxy) is 1. The second-order valence-electron chi connectivity index (χ2n) is 11.4. The van der Waals surface area contributed by atoms with E-state index in [0.29, 0.717) is 0 Å². The first-order valence-electron chi connectivity index (χ1n) is 27.5. The van der Waals surface area contributed by atoms with Crippen molar-refractivity contribution >= 4 is 23.4 Å². The van der Waals surface area contributed by atoms with Crippen LogP contribution in [0.5, 0.6) is 0 Å². The molecule has 1 fully saturated rings. The minimum absolute atomic E-state index is 0.0730. The topological polar surface area (TPSA) is 56.3 Å². The maximum Gasteiger partial charge on any atom is 0.416 e. The van der Waals surface area contributed by atoms with Crippen molar-refractivity contribution in [2.75, 3.05) is 44.6 Å². The molecule has 2 heterocycles. The van der Waals surface area contributed by atoms with E-state index < -0.39 is 235 Å². The molecule has 4 aromatic carbocycles. The van der Waals surface area contributed by atoms with Gasteiger partial charge in [-0.1, -0.05) is 66.0 Å². The van der Waals surface area contributed by atoms with E-state index in [1.165, 1.54) is 4.90 Å². The number of benzene rings is 4. The Balaban J connectivity index is 1.60. The van der Waals surface area contributed by atoms with Crippen LogP contribution in [0.2, 0.25) is 0 Å². The number of nitrogens with zero attached hydrogens (tertiary/aromatic N) is 3. The molecular formula is C41H42F5N3O3S. The van der Waals surface area contributed by atoms with E-state index in [9.17, 15) is 28.2 Å². The highest BCUT2D eigenvalue weighted by Gasteiger charge is 2.33. The lowest BCUT2D eigenvalue weighted by Gasteiger charge is -2.40. The number of hydrogen-bond acceptors (Lipinski definition) is 6. The number of anilines is 1. The minimum Gasteiger partial charge on any atom is -0.384 e. The maximum absolute atomic E-state index is 15.6. The van der Waals surface area contributed by atoms with Crippen molar-refractivity contribution in [2.24, 2.45) is 0 Å². The third kappa shape index (κ3) is 9.29. The van der Waals surface area contributed by atoms with Crippen molar-refractivity contribution in [3.8, 4) is 11.1 Å². The molecule has 6 nitrogen and oxygen atoms in total. The zero-order chi connectivity index (χ0) is 58.6. The Morgan fingerprint density at radius 3 is 2.42 bits per heavy atom. The highest BCUT2D eigenvalue weighted by molar-refractivity contribution is 8.02. The van der Waals surface area contributed by atoms with Crippen LogP contribution < -0.4 is 4.90 Å². The second-order valence-corrected chi connectivity index (χ2v) is 12.3. The Morgan fingerprint density at radius 1 is 1.04 bits per heavy atom. The largest absolute Gasteiger partial charge is 0.416 e.